The van der Waals surface area contributed by atoms with Crippen molar-refractivity contribution < 1.29 is 9.18 Å². The highest BCUT2D eigenvalue weighted by Crippen LogP contribution is 2.25. The molecule has 0 saturated heterocycles. The molecule has 0 aliphatic heterocycles. The molecule has 1 unspecified atom stereocenters. The number of aromatic amines is 1. The number of carbonyl (C=O) groups excluding carboxylic acids is 1. The molecule has 5 aromatic rings. The minimum Gasteiger partial charge on any atom is -0.334 e. The molecule has 48 heavy (non-hydrogen) atoms. The van der Waals surface area contributed by atoms with Gasteiger partial charge in [-0.15, -0.1) is 0 Å². The predicted molar refractivity (Wildman–Crippen MR) is 188 cm³/mol. The van der Waals surface area contributed by atoms with Gasteiger partial charge >= 0.3 is 0 Å². The second kappa shape index (κ2) is 16.7. The monoisotopic (exact) mass is 687 g/mol. The fraction of sp³-hybridized carbons (Fsp3) is 0.306. The van der Waals surface area contributed by atoms with Crippen molar-refractivity contribution in [1.82, 2.24) is 34.5 Å². The zero-order valence-electron chi connectivity index (χ0n) is 27.3. The Morgan fingerprint density at radius 3 is 2.38 bits per heavy atom. The molecule has 3 aromatic heterocycles. The van der Waals surface area contributed by atoms with Gasteiger partial charge in [0.05, 0.1) is 18.4 Å². The number of hydrogen-bond donors (Lipinski definition) is 1. The molecule has 9 nitrogen and oxygen atoms in total. The summed E-state index contributed by atoms with van der Waals surface area (Å²) >= 11 is 7.40. The van der Waals surface area contributed by atoms with Crippen LogP contribution < -0.4 is 5.56 Å². The molecule has 0 spiro atoms. The molecule has 1 N–H and O–H groups in total. The van der Waals surface area contributed by atoms with Crippen LogP contribution in [0.3, 0.4) is 0 Å². The van der Waals surface area contributed by atoms with Crippen molar-refractivity contribution in [3.05, 3.63) is 129 Å². The highest BCUT2D eigenvalue weighted by atomic mass is 35.5. The van der Waals surface area contributed by atoms with Crippen LogP contribution >= 0.6 is 23.4 Å². The van der Waals surface area contributed by atoms with Crippen LogP contribution in [0, 0.1) is 5.82 Å². The molecular formula is C36H39ClFN7O2S. The smallest absolute Gasteiger partial charge is 0.277 e. The first-order chi connectivity index (χ1) is 23.2. The molecule has 0 aliphatic rings. The first-order valence-corrected chi connectivity index (χ1v) is 17.3. The van der Waals surface area contributed by atoms with Crippen molar-refractivity contribution in [2.24, 2.45) is 0 Å². The zero-order chi connectivity index (χ0) is 34.0. The number of carbonyl (C=O) groups is 1. The first-order valence-electron chi connectivity index (χ1n) is 15.9. The number of nitrogens with one attached hydrogen (secondary N) is 1. The van der Waals surface area contributed by atoms with E-state index in [9.17, 15) is 14.0 Å². The lowest BCUT2D eigenvalue weighted by Crippen LogP contribution is -2.40. The molecule has 0 radical (unpaired) electrons. The van der Waals surface area contributed by atoms with E-state index in [0.29, 0.717) is 41.1 Å². The Bertz CT molecular complexity index is 1830. The number of aromatic nitrogens is 5. The number of H-pyrrole nitrogens is 1. The molecule has 0 fully saturated rings. The van der Waals surface area contributed by atoms with Crippen molar-refractivity contribution >= 4 is 29.3 Å². The summed E-state index contributed by atoms with van der Waals surface area (Å²) in [6, 6.07) is 17.7. The van der Waals surface area contributed by atoms with Gasteiger partial charge < -0.3 is 14.4 Å². The molecule has 1 amide bonds. The Morgan fingerprint density at radius 2 is 1.73 bits per heavy atom. The number of halogens is 2. The maximum Gasteiger partial charge on any atom is 0.277 e. The van der Waals surface area contributed by atoms with Gasteiger partial charge in [-0.3, -0.25) is 19.7 Å². The number of likely N-dealkylation sites (N-methyl/N-ethyl adjacent to an activating group) is 1. The summed E-state index contributed by atoms with van der Waals surface area (Å²) < 4.78 is 15.3. The van der Waals surface area contributed by atoms with E-state index < -0.39 is 0 Å². The fourth-order valence-corrected chi connectivity index (χ4v) is 6.34. The van der Waals surface area contributed by atoms with E-state index in [1.165, 1.54) is 23.9 Å². The van der Waals surface area contributed by atoms with Crippen LogP contribution in [0.15, 0.2) is 95.4 Å². The zero-order valence-corrected chi connectivity index (χ0v) is 28.8. The second-order valence-electron chi connectivity index (χ2n) is 11.5. The van der Waals surface area contributed by atoms with Crippen molar-refractivity contribution in [1.29, 1.82) is 0 Å². The largest absolute Gasteiger partial charge is 0.334 e. The summed E-state index contributed by atoms with van der Waals surface area (Å²) in [5.74, 6) is -0.279. The Morgan fingerprint density at radius 1 is 1.00 bits per heavy atom. The predicted octanol–water partition coefficient (Wildman–Crippen LogP) is 6.64. The topological polar surface area (TPSA) is 100 Å². The van der Waals surface area contributed by atoms with Gasteiger partial charge in [-0.25, -0.2) is 4.39 Å². The molecule has 12 heteroatoms. The Balaban J connectivity index is 1.42. The van der Waals surface area contributed by atoms with Gasteiger partial charge in [0.15, 0.2) is 5.16 Å². The molecular weight excluding hydrogens is 649 g/mol. The number of hydrogen-bond acceptors (Lipinski definition) is 7. The molecule has 2 aromatic carbocycles. The Labute approximate surface area is 289 Å². The molecule has 5 rings (SSSR count). The molecule has 1 atom stereocenters. The average molecular weight is 688 g/mol. The minimum absolute atomic E-state index is 0.0226. The summed E-state index contributed by atoms with van der Waals surface area (Å²) in [4.78, 5) is 40.7. The maximum atomic E-state index is 14.2. The van der Waals surface area contributed by atoms with E-state index in [1.54, 1.807) is 35.3 Å². The summed E-state index contributed by atoms with van der Waals surface area (Å²) in [6.45, 7) is 9.38. The maximum absolute atomic E-state index is 14.2. The summed E-state index contributed by atoms with van der Waals surface area (Å²) in [6.07, 6.45) is 6.97. The van der Waals surface area contributed by atoms with Crippen LogP contribution in [-0.4, -0.2) is 66.6 Å². The molecule has 3 heterocycles. The lowest BCUT2D eigenvalue weighted by molar-refractivity contribution is -0.133. The standard InChI is InChI=1S/C36H39ClFN7O2S/c1-4-43(5-2)16-17-44(21-32-15-10-28(18-39-32)27-8-11-30(37)12-9-27)34(46)23-45-22-33(25(3)29-19-40-41-20-29)35(47)42-36(45)48-24-26-6-13-31(38)14-7-26/h6-15,18-20,22,25H,4-5,16-17,21,23-24H2,1-3H3,(H,40,41). The fourth-order valence-electron chi connectivity index (χ4n) is 5.29. The number of amides is 1. The van der Waals surface area contributed by atoms with Gasteiger partial charge in [0.2, 0.25) is 5.91 Å². The molecule has 250 valence electrons. The first kappa shape index (κ1) is 35.0. The second-order valence-corrected chi connectivity index (χ2v) is 12.8. The van der Waals surface area contributed by atoms with Gasteiger partial charge in [-0.2, -0.15) is 10.1 Å². The number of thioether (sulfide) groups is 1. The third-order valence-corrected chi connectivity index (χ3v) is 9.66. The normalized spacial score (nSPS) is 12.0. The average Bonchev–Trinajstić information content (AvgIpc) is 3.64. The number of nitrogens with zero attached hydrogens (tertiary/aromatic N) is 6. The Hall–Kier alpha value is -4.32. The SMILES string of the molecule is CCN(CC)CCN(Cc1ccc(-c2ccc(Cl)cc2)cn1)C(=O)Cn1cc(C(C)c2cn[nH]c2)c(=O)nc1SCc1ccc(F)cc1. The third-order valence-electron chi connectivity index (χ3n) is 8.35. The van der Waals surface area contributed by atoms with E-state index in [1.807, 2.05) is 54.4 Å². The van der Waals surface area contributed by atoms with E-state index in [0.717, 1.165) is 41.0 Å². The summed E-state index contributed by atoms with van der Waals surface area (Å²) in [5.41, 5.74) is 4.54. The minimum atomic E-state index is -0.364. The van der Waals surface area contributed by atoms with Gasteiger partial charge in [-0.1, -0.05) is 74.5 Å². The van der Waals surface area contributed by atoms with Gasteiger partial charge in [0.1, 0.15) is 12.4 Å². The van der Waals surface area contributed by atoms with Crippen LogP contribution in [0.1, 0.15) is 49.1 Å². The van der Waals surface area contributed by atoms with Crippen LogP contribution in [0.4, 0.5) is 4.39 Å². The van der Waals surface area contributed by atoms with Crippen molar-refractivity contribution in [2.45, 2.75) is 50.7 Å². The van der Waals surface area contributed by atoms with E-state index in [4.69, 9.17) is 16.6 Å². The summed E-state index contributed by atoms with van der Waals surface area (Å²) in [7, 11) is 0. The van der Waals surface area contributed by atoms with Crippen LogP contribution in [0.25, 0.3) is 11.1 Å². The van der Waals surface area contributed by atoms with Crippen LogP contribution in [-0.2, 0) is 23.6 Å². The van der Waals surface area contributed by atoms with Gasteiger partial charge in [0.25, 0.3) is 5.56 Å². The van der Waals surface area contributed by atoms with Crippen molar-refractivity contribution in [3.8, 4) is 11.1 Å². The number of benzene rings is 2. The van der Waals surface area contributed by atoms with Gasteiger partial charge in [-0.05, 0) is 60.1 Å². The molecule has 0 aliphatic carbocycles. The van der Waals surface area contributed by atoms with Crippen LogP contribution in [0.2, 0.25) is 5.02 Å². The highest BCUT2D eigenvalue weighted by Gasteiger charge is 2.22. The Kier molecular flexibility index (Phi) is 12.2. The lowest BCUT2D eigenvalue weighted by Gasteiger charge is -2.27. The van der Waals surface area contributed by atoms with Crippen molar-refractivity contribution in [2.75, 3.05) is 26.2 Å². The van der Waals surface area contributed by atoms with Gasteiger partial charge in [0, 0.05) is 59.5 Å². The van der Waals surface area contributed by atoms with E-state index >= 15 is 0 Å². The van der Waals surface area contributed by atoms with E-state index in [-0.39, 0.29) is 29.7 Å². The van der Waals surface area contributed by atoms with Crippen LogP contribution in [0.5, 0.6) is 0 Å². The quantitative estimate of drug-likeness (QED) is 0.0974. The molecule has 0 bridgehead atoms. The van der Waals surface area contributed by atoms with Crippen molar-refractivity contribution in [3.63, 3.8) is 0 Å². The lowest BCUT2D eigenvalue weighted by atomic mass is 9.98. The molecule has 0 saturated carbocycles. The number of rotatable bonds is 15. The van der Waals surface area contributed by atoms with E-state index in [2.05, 4.69) is 33.9 Å². The number of pyridine rings is 1. The summed E-state index contributed by atoms with van der Waals surface area (Å²) in [5, 5.41) is 7.91. The highest BCUT2D eigenvalue weighted by molar-refractivity contribution is 7.98. The third kappa shape index (κ3) is 9.18.